The Balaban J connectivity index is 2.47. The van der Waals surface area contributed by atoms with Gasteiger partial charge in [0.1, 0.15) is 6.54 Å². The summed E-state index contributed by atoms with van der Waals surface area (Å²) < 4.78 is 11.0. The van der Waals surface area contributed by atoms with Gasteiger partial charge in [0.2, 0.25) is 5.91 Å². The topological polar surface area (TPSA) is 66.4 Å². The van der Waals surface area contributed by atoms with Crippen molar-refractivity contribution < 1.29 is 14.3 Å². The Bertz CT molecular complexity index is 394. The lowest BCUT2D eigenvalue weighted by molar-refractivity contribution is -0.127. The average molecular weight is 357 g/mol. The molecule has 25 heavy (non-hydrogen) atoms. The Morgan fingerprint density at radius 3 is 2.56 bits per heavy atom. The van der Waals surface area contributed by atoms with E-state index < -0.39 is 0 Å². The third kappa shape index (κ3) is 9.07. The first-order chi connectivity index (χ1) is 12.1. The van der Waals surface area contributed by atoms with Crippen LogP contribution < -0.4 is 5.32 Å². The SMILES string of the molecule is CCCCNC(=NCC(=O)N(C)C)N1CCC(OCCCOC)CC1. The normalized spacial score (nSPS) is 16.2. The van der Waals surface area contributed by atoms with Crippen LogP contribution in [0.5, 0.6) is 0 Å². The van der Waals surface area contributed by atoms with E-state index in [1.54, 1.807) is 26.1 Å². The molecule has 7 nitrogen and oxygen atoms in total. The molecule has 1 N–H and O–H groups in total. The number of nitrogens with zero attached hydrogens (tertiary/aromatic N) is 3. The molecule has 1 saturated heterocycles. The van der Waals surface area contributed by atoms with Crippen molar-refractivity contribution in [1.29, 1.82) is 0 Å². The van der Waals surface area contributed by atoms with Crippen LogP contribution in [0.15, 0.2) is 4.99 Å². The molecule has 146 valence electrons. The lowest BCUT2D eigenvalue weighted by atomic mass is 10.1. The van der Waals surface area contributed by atoms with Crippen LogP contribution in [0.1, 0.15) is 39.0 Å². The summed E-state index contributed by atoms with van der Waals surface area (Å²) in [6, 6.07) is 0. The van der Waals surface area contributed by atoms with E-state index in [1.807, 2.05) is 0 Å². The molecule has 1 aliphatic rings. The number of likely N-dealkylation sites (N-methyl/N-ethyl adjacent to an activating group) is 1. The number of unbranched alkanes of at least 4 members (excludes halogenated alkanes) is 1. The minimum atomic E-state index is 0.0196. The third-order valence-electron chi connectivity index (χ3n) is 4.26. The zero-order valence-electron chi connectivity index (χ0n) is 16.4. The minimum Gasteiger partial charge on any atom is -0.385 e. The maximum Gasteiger partial charge on any atom is 0.243 e. The molecule has 1 rings (SSSR count). The van der Waals surface area contributed by atoms with Gasteiger partial charge >= 0.3 is 0 Å². The summed E-state index contributed by atoms with van der Waals surface area (Å²) in [7, 11) is 5.23. The lowest BCUT2D eigenvalue weighted by Crippen LogP contribution is -2.47. The number of hydrogen-bond donors (Lipinski definition) is 1. The van der Waals surface area contributed by atoms with Gasteiger partial charge in [-0.2, -0.15) is 0 Å². The smallest absolute Gasteiger partial charge is 0.243 e. The number of piperidine rings is 1. The van der Waals surface area contributed by atoms with E-state index in [0.29, 0.717) is 6.10 Å². The molecule has 0 aromatic carbocycles. The highest BCUT2D eigenvalue weighted by molar-refractivity contribution is 5.84. The van der Waals surface area contributed by atoms with Crippen LogP contribution >= 0.6 is 0 Å². The first-order valence-electron chi connectivity index (χ1n) is 9.42. The first-order valence-corrected chi connectivity index (χ1v) is 9.42. The van der Waals surface area contributed by atoms with Gasteiger partial charge in [-0.05, 0) is 25.7 Å². The monoisotopic (exact) mass is 356 g/mol. The second kappa shape index (κ2) is 12.9. The molecule has 0 aromatic rings. The molecule has 0 saturated carbocycles. The summed E-state index contributed by atoms with van der Waals surface area (Å²) in [6.45, 7) is 6.56. The molecule has 0 spiro atoms. The Morgan fingerprint density at radius 1 is 1.24 bits per heavy atom. The Kier molecular flexibility index (Phi) is 11.2. The number of guanidine groups is 1. The van der Waals surface area contributed by atoms with E-state index in [4.69, 9.17) is 9.47 Å². The molecule has 1 heterocycles. The number of carbonyl (C=O) groups is 1. The summed E-state index contributed by atoms with van der Waals surface area (Å²) in [5.74, 6) is 0.868. The van der Waals surface area contributed by atoms with Gasteiger partial charge in [-0.15, -0.1) is 0 Å². The van der Waals surface area contributed by atoms with Gasteiger partial charge in [-0.1, -0.05) is 13.3 Å². The van der Waals surface area contributed by atoms with Crippen molar-refractivity contribution in [2.75, 3.05) is 60.6 Å². The highest BCUT2D eigenvalue weighted by Crippen LogP contribution is 2.14. The number of carbonyl (C=O) groups excluding carboxylic acids is 1. The molecule has 0 radical (unpaired) electrons. The van der Waals surface area contributed by atoms with E-state index in [0.717, 1.165) is 70.9 Å². The van der Waals surface area contributed by atoms with Gasteiger partial charge in [0.25, 0.3) is 0 Å². The summed E-state index contributed by atoms with van der Waals surface area (Å²) in [4.78, 5) is 20.2. The summed E-state index contributed by atoms with van der Waals surface area (Å²) in [6.07, 6.45) is 5.46. The number of rotatable bonds is 10. The van der Waals surface area contributed by atoms with Gasteiger partial charge in [-0.25, -0.2) is 4.99 Å². The maximum atomic E-state index is 11.8. The number of hydrogen-bond acceptors (Lipinski definition) is 4. The van der Waals surface area contributed by atoms with E-state index in [9.17, 15) is 4.79 Å². The number of aliphatic imine (C=N–C) groups is 1. The van der Waals surface area contributed by atoms with Crippen LogP contribution in [0.4, 0.5) is 0 Å². The highest BCUT2D eigenvalue weighted by Gasteiger charge is 2.22. The van der Waals surface area contributed by atoms with Crippen LogP contribution in [0, 0.1) is 0 Å². The number of likely N-dealkylation sites (tertiary alicyclic amines) is 1. The Hall–Kier alpha value is -1.34. The average Bonchev–Trinajstić information content (AvgIpc) is 2.62. The van der Waals surface area contributed by atoms with Gasteiger partial charge in [0.05, 0.1) is 6.10 Å². The molecule has 1 amide bonds. The fourth-order valence-electron chi connectivity index (χ4n) is 2.62. The largest absolute Gasteiger partial charge is 0.385 e. The van der Waals surface area contributed by atoms with Gasteiger partial charge in [-0.3, -0.25) is 4.79 Å². The van der Waals surface area contributed by atoms with Gasteiger partial charge < -0.3 is 24.6 Å². The van der Waals surface area contributed by atoms with Crippen molar-refractivity contribution in [2.24, 2.45) is 4.99 Å². The van der Waals surface area contributed by atoms with E-state index in [1.165, 1.54) is 0 Å². The number of methoxy groups -OCH3 is 1. The molecular formula is C18H36N4O3. The van der Waals surface area contributed by atoms with E-state index >= 15 is 0 Å². The molecule has 1 fully saturated rings. The van der Waals surface area contributed by atoms with Crippen molar-refractivity contribution in [3.8, 4) is 0 Å². The van der Waals surface area contributed by atoms with Crippen molar-refractivity contribution in [2.45, 2.75) is 45.1 Å². The number of ether oxygens (including phenoxy) is 2. The molecule has 0 aromatic heterocycles. The fourth-order valence-corrected chi connectivity index (χ4v) is 2.62. The van der Waals surface area contributed by atoms with E-state index in [-0.39, 0.29) is 12.5 Å². The van der Waals surface area contributed by atoms with Crippen molar-refractivity contribution >= 4 is 11.9 Å². The van der Waals surface area contributed by atoms with Crippen LogP contribution in [-0.4, -0.2) is 88.4 Å². The Labute approximate surface area is 152 Å². The zero-order chi connectivity index (χ0) is 18.5. The molecule has 0 atom stereocenters. The van der Waals surface area contributed by atoms with Gasteiger partial charge in [0.15, 0.2) is 5.96 Å². The zero-order valence-corrected chi connectivity index (χ0v) is 16.4. The molecule has 1 aliphatic heterocycles. The van der Waals surface area contributed by atoms with Crippen molar-refractivity contribution in [3.05, 3.63) is 0 Å². The summed E-state index contributed by atoms with van der Waals surface area (Å²) >= 11 is 0. The van der Waals surface area contributed by atoms with Crippen molar-refractivity contribution in [1.82, 2.24) is 15.1 Å². The second-order valence-electron chi connectivity index (χ2n) is 6.61. The van der Waals surface area contributed by atoms with E-state index in [2.05, 4.69) is 22.1 Å². The predicted molar refractivity (Wildman–Crippen MR) is 101 cm³/mol. The van der Waals surface area contributed by atoms with Crippen molar-refractivity contribution in [3.63, 3.8) is 0 Å². The minimum absolute atomic E-state index is 0.0196. The fraction of sp³-hybridized carbons (Fsp3) is 0.889. The molecule has 0 unspecified atom stereocenters. The van der Waals surface area contributed by atoms with Crippen LogP contribution in [-0.2, 0) is 14.3 Å². The summed E-state index contributed by atoms with van der Waals surface area (Å²) in [5.41, 5.74) is 0. The maximum absolute atomic E-state index is 11.8. The predicted octanol–water partition coefficient (Wildman–Crippen LogP) is 1.34. The van der Waals surface area contributed by atoms with Crippen LogP contribution in [0.2, 0.25) is 0 Å². The molecule has 0 bridgehead atoms. The third-order valence-corrected chi connectivity index (χ3v) is 4.26. The quantitative estimate of drug-likeness (QED) is 0.363. The molecule has 0 aliphatic carbocycles. The van der Waals surface area contributed by atoms with Gasteiger partial charge in [0, 0.05) is 54.1 Å². The Morgan fingerprint density at radius 2 is 1.96 bits per heavy atom. The highest BCUT2D eigenvalue weighted by atomic mass is 16.5. The molecule has 7 heteroatoms. The van der Waals surface area contributed by atoms with Crippen LogP contribution in [0.25, 0.3) is 0 Å². The standard InChI is InChI=1S/C18H36N4O3/c1-5-6-10-19-18(20-15-17(23)21(2)3)22-11-8-16(9-12-22)25-14-7-13-24-4/h16H,5-15H2,1-4H3,(H,19,20). The number of nitrogens with one attached hydrogen (secondary N) is 1. The lowest BCUT2D eigenvalue weighted by Gasteiger charge is -2.34. The summed E-state index contributed by atoms with van der Waals surface area (Å²) in [5, 5.41) is 3.41. The number of amides is 1. The molecular weight excluding hydrogens is 320 g/mol. The first kappa shape index (κ1) is 21.7. The van der Waals surface area contributed by atoms with Crippen LogP contribution in [0.3, 0.4) is 0 Å². The second-order valence-corrected chi connectivity index (χ2v) is 6.61.